The van der Waals surface area contributed by atoms with Gasteiger partial charge in [-0.1, -0.05) is 31.5 Å². The summed E-state index contributed by atoms with van der Waals surface area (Å²) in [4.78, 5) is 2.50. The van der Waals surface area contributed by atoms with Crippen LogP contribution < -0.4 is 0 Å². The van der Waals surface area contributed by atoms with Gasteiger partial charge in [0.15, 0.2) is 0 Å². The summed E-state index contributed by atoms with van der Waals surface area (Å²) in [6.45, 7) is 8.53. The number of rotatable bonds is 2. The molecule has 0 fully saturated rings. The molecule has 1 aliphatic rings. The van der Waals surface area contributed by atoms with Crippen molar-refractivity contribution >= 4 is 11.3 Å². The van der Waals surface area contributed by atoms with Crippen molar-refractivity contribution in [1.82, 2.24) is 0 Å². The number of hydrogen-bond donors (Lipinski definition) is 1. The highest BCUT2D eigenvalue weighted by atomic mass is 32.1. The van der Waals surface area contributed by atoms with E-state index in [1.165, 1.54) is 32.7 Å². The maximum atomic E-state index is 10.3. The van der Waals surface area contributed by atoms with Crippen molar-refractivity contribution < 1.29 is 5.11 Å². The fourth-order valence-electron chi connectivity index (χ4n) is 3.13. The molecule has 0 radical (unpaired) electrons. The number of hydrogen-bond acceptors (Lipinski definition) is 2. The Labute approximate surface area is 125 Å². The maximum Gasteiger partial charge on any atom is 0.0905 e. The molecule has 1 unspecified atom stereocenters. The van der Waals surface area contributed by atoms with E-state index in [9.17, 15) is 5.11 Å². The molecule has 1 aromatic carbocycles. The number of aryl methyl sites for hydroxylation is 3. The lowest BCUT2D eigenvalue weighted by molar-refractivity contribution is 0.130. The third-order valence-corrected chi connectivity index (χ3v) is 5.54. The van der Waals surface area contributed by atoms with Gasteiger partial charge in [-0.2, -0.15) is 0 Å². The van der Waals surface area contributed by atoms with E-state index in [0.717, 1.165) is 17.7 Å². The van der Waals surface area contributed by atoms with Crippen molar-refractivity contribution in [1.29, 1.82) is 0 Å². The van der Waals surface area contributed by atoms with Crippen LogP contribution in [0.5, 0.6) is 0 Å². The second-order valence-corrected chi connectivity index (χ2v) is 7.38. The standard InChI is InChI=1S/C18H22OS/c1-10(2)17(19)16-9-13-5-6-14-12(4)7-11(3)8-15(14)18(13)20-16/h7-10,17,19H,5-6H2,1-4H3. The summed E-state index contributed by atoms with van der Waals surface area (Å²) in [5.74, 6) is 0.272. The van der Waals surface area contributed by atoms with Gasteiger partial charge in [0.2, 0.25) is 0 Å². The van der Waals surface area contributed by atoms with Crippen LogP contribution in [0.4, 0.5) is 0 Å². The Morgan fingerprint density at radius 3 is 2.55 bits per heavy atom. The van der Waals surface area contributed by atoms with Gasteiger partial charge in [-0.25, -0.2) is 0 Å². The van der Waals surface area contributed by atoms with Crippen LogP contribution >= 0.6 is 11.3 Å². The fraction of sp³-hybridized carbons (Fsp3) is 0.444. The Morgan fingerprint density at radius 1 is 1.10 bits per heavy atom. The molecule has 0 spiro atoms. The molecule has 1 aliphatic carbocycles. The molecule has 3 rings (SSSR count). The number of thiophene rings is 1. The van der Waals surface area contributed by atoms with Gasteiger partial charge >= 0.3 is 0 Å². The van der Waals surface area contributed by atoms with Gasteiger partial charge < -0.3 is 5.11 Å². The Hall–Kier alpha value is -1.12. The fourth-order valence-corrected chi connectivity index (χ4v) is 4.54. The van der Waals surface area contributed by atoms with Crippen molar-refractivity contribution in [2.45, 2.75) is 46.6 Å². The normalized spacial score (nSPS) is 15.1. The molecule has 0 saturated carbocycles. The van der Waals surface area contributed by atoms with Crippen molar-refractivity contribution in [2.24, 2.45) is 5.92 Å². The van der Waals surface area contributed by atoms with Crippen LogP contribution in [0, 0.1) is 19.8 Å². The molecule has 1 nitrogen and oxygen atoms in total. The van der Waals surface area contributed by atoms with E-state index in [1.807, 2.05) is 0 Å². The molecule has 0 saturated heterocycles. The minimum Gasteiger partial charge on any atom is -0.387 e. The number of benzene rings is 1. The molecular formula is C18H22OS. The molecule has 20 heavy (non-hydrogen) atoms. The van der Waals surface area contributed by atoms with E-state index in [0.29, 0.717) is 0 Å². The van der Waals surface area contributed by atoms with Gasteiger partial charge in [0, 0.05) is 9.75 Å². The zero-order chi connectivity index (χ0) is 14.4. The quantitative estimate of drug-likeness (QED) is 0.839. The monoisotopic (exact) mass is 286 g/mol. The molecule has 0 amide bonds. The van der Waals surface area contributed by atoms with E-state index in [2.05, 4.69) is 45.9 Å². The van der Waals surface area contributed by atoms with Gasteiger partial charge in [-0.3, -0.25) is 0 Å². The first kappa shape index (κ1) is 13.8. The lowest BCUT2D eigenvalue weighted by Crippen LogP contribution is -2.04. The Morgan fingerprint density at radius 2 is 1.85 bits per heavy atom. The van der Waals surface area contributed by atoms with Crippen molar-refractivity contribution in [3.05, 3.63) is 45.3 Å². The molecule has 0 bridgehead atoms. The minimum absolute atomic E-state index is 0.272. The Bertz CT molecular complexity index is 652. The van der Waals surface area contributed by atoms with Crippen LogP contribution in [0.3, 0.4) is 0 Å². The van der Waals surface area contributed by atoms with Crippen molar-refractivity contribution in [3.8, 4) is 10.4 Å². The highest BCUT2D eigenvalue weighted by Gasteiger charge is 2.23. The predicted octanol–water partition coefficient (Wildman–Crippen LogP) is 4.82. The lowest BCUT2D eigenvalue weighted by Gasteiger charge is -2.19. The van der Waals surface area contributed by atoms with Crippen LogP contribution in [0.1, 0.15) is 47.1 Å². The lowest BCUT2D eigenvalue weighted by atomic mass is 9.87. The molecule has 1 atom stereocenters. The summed E-state index contributed by atoms with van der Waals surface area (Å²) >= 11 is 1.78. The predicted molar refractivity (Wildman–Crippen MR) is 86.4 cm³/mol. The molecule has 2 aromatic rings. The van der Waals surface area contributed by atoms with E-state index in [1.54, 1.807) is 11.3 Å². The highest BCUT2D eigenvalue weighted by molar-refractivity contribution is 7.15. The van der Waals surface area contributed by atoms with E-state index < -0.39 is 0 Å². The SMILES string of the molecule is Cc1cc(C)c2c(c1)-c1sc(C(O)C(C)C)cc1CC2. The third kappa shape index (κ3) is 2.21. The average Bonchev–Trinajstić information content (AvgIpc) is 2.81. The smallest absolute Gasteiger partial charge is 0.0905 e. The Kier molecular flexibility index (Phi) is 3.47. The van der Waals surface area contributed by atoms with Crippen molar-refractivity contribution in [3.63, 3.8) is 0 Å². The first-order valence-electron chi connectivity index (χ1n) is 7.38. The molecule has 1 heterocycles. The number of fused-ring (bicyclic) bond motifs is 3. The second kappa shape index (κ2) is 5.01. The first-order valence-corrected chi connectivity index (χ1v) is 8.20. The molecule has 2 heteroatoms. The second-order valence-electron chi connectivity index (χ2n) is 6.30. The van der Waals surface area contributed by atoms with Crippen LogP contribution in [-0.2, 0) is 12.8 Å². The van der Waals surface area contributed by atoms with Gasteiger partial charge in [0.05, 0.1) is 6.10 Å². The van der Waals surface area contributed by atoms with Crippen LogP contribution in [0.25, 0.3) is 10.4 Å². The summed E-state index contributed by atoms with van der Waals surface area (Å²) < 4.78 is 0. The van der Waals surface area contributed by atoms with Crippen LogP contribution in [-0.4, -0.2) is 5.11 Å². The van der Waals surface area contributed by atoms with Crippen LogP contribution in [0.2, 0.25) is 0 Å². The largest absolute Gasteiger partial charge is 0.387 e. The molecule has 1 aromatic heterocycles. The van der Waals surface area contributed by atoms with Crippen molar-refractivity contribution in [2.75, 3.05) is 0 Å². The highest BCUT2D eigenvalue weighted by Crippen LogP contribution is 2.43. The number of aliphatic hydroxyl groups excluding tert-OH is 1. The van der Waals surface area contributed by atoms with Gasteiger partial charge in [0.1, 0.15) is 0 Å². The molecule has 106 valence electrons. The summed E-state index contributed by atoms with van der Waals surface area (Å²) in [5.41, 5.74) is 7.05. The van der Waals surface area contributed by atoms with E-state index in [4.69, 9.17) is 0 Å². The summed E-state index contributed by atoms with van der Waals surface area (Å²) in [6.07, 6.45) is 1.90. The third-order valence-electron chi connectivity index (χ3n) is 4.26. The van der Waals surface area contributed by atoms with E-state index >= 15 is 0 Å². The Balaban J connectivity index is 2.12. The first-order chi connectivity index (χ1) is 9.47. The number of aliphatic hydroxyl groups is 1. The molecule has 1 N–H and O–H groups in total. The average molecular weight is 286 g/mol. The molecular weight excluding hydrogens is 264 g/mol. The van der Waals surface area contributed by atoms with Gasteiger partial charge in [-0.05, 0) is 60.9 Å². The topological polar surface area (TPSA) is 20.2 Å². The van der Waals surface area contributed by atoms with Gasteiger partial charge in [-0.15, -0.1) is 11.3 Å². The summed E-state index contributed by atoms with van der Waals surface area (Å²) in [7, 11) is 0. The summed E-state index contributed by atoms with van der Waals surface area (Å²) in [6, 6.07) is 6.81. The van der Waals surface area contributed by atoms with Crippen LogP contribution in [0.15, 0.2) is 18.2 Å². The maximum absolute atomic E-state index is 10.3. The molecule has 0 aliphatic heterocycles. The van der Waals surface area contributed by atoms with Gasteiger partial charge in [0.25, 0.3) is 0 Å². The minimum atomic E-state index is -0.333. The zero-order valence-electron chi connectivity index (χ0n) is 12.7. The summed E-state index contributed by atoms with van der Waals surface area (Å²) in [5, 5.41) is 10.3. The van der Waals surface area contributed by atoms with E-state index in [-0.39, 0.29) is 12.0 Å². The zero-order valence-corrected chi connectivity index (χ0v) is 13.5.